The van der Waals surface area contributed by atoms with E-state index in [0.717, 1.165) is 19.5 Å². The van der Waals surface area contributed by atoms with Crippen LogP contribution in [0.1, 0.15) is 32.4 Å². The molecule has 2 aromatic rings. The first kappa shape index (κ1) is 14.1. The number of aryl methyl sites for hydroxylation is 2. The zero-order chi connectivity index (χ0) is 13.7. The number of aromatic nitrogens is 2. The van der Waals surface area contributed by atoms with Gasteiger partial charge in [0.1, 0.15) is 0 Å². The van der Waals surface area contributed by atoms with Gasteiger partial charge < -0.3 is 5.32 Å². The van der Waals surface area contributed by atoms with Crippen molar-refractivity contribution in [2.24, 2.45) is 13.0 Å². The molecule has 1 N–H and O–H groups in total. The summed E-state index contributed by atoms with van der Waals surface area (Å²) in [6.45, 7) is 6.75. The third-order valence-corrected chi connectivity index (χ3v) is 3.63. The highest BCUT2D eigenvalue weighted by atomic mass is 15.3. The molecule has 0 aliphatic carbocycles. The van der Waals surface area contributed by atoms with Crippen LogP contribution >= 0.6 is 0 Å². The Balaban J connectivity index is 1.94. The lowest BCUT2D eigenvalue weighted by atomic mass is 10.0. The van der Waals surface area contributed by atoms with Gasteiger partial charge in [0, 0.05) is 12.4 Å². The predicted molar refractivity (Wildman–Crippen MR) is 81.4 cm³/mol. The quantitative estimate of drug-likeness (QED) is 0.774. The largest absolute Gasteiger partial charge is 0.316 e. The highest BCUT2D eigenvalue weighted by Gasteiger charge is 2.09. The molecule has 19 heavy (non-hydrogen) atoms. The average molecular weight is 259 g/mol. The molecule has 1 unspecified atom stereocenters. The van der Waals surface area contributed by atoms with E-state index in [0.29, 0.717) is 5.92 Å². The van der Waals surface area contributed by atoms with Crippen LogP contribution in [0.4, 0.5) is 0 Å². The molecule has 3 nitrogen and oxygen atoms in total. The molecule has 0 aliphatic rings. The molecule has 1 atom stereocenters. The molecule has 0 radical (unpaired) electrons. The maximum Gasteiger partial charge on any atom is 0.0703 e. The Hall–Kier alpha value is -1.35. The lowest BCUT2D eigenvalue weighted by molar-refractivity contribution is 0.479. The molecule has 2 rings (SSSR count). The van der Waals surface area contributed by atoms with Gasteiger partial charge in [0.25, 0.3) is 0 Å². The van der Waals surface area contributed by atoms with E-state index in [1.807, 2.05) is 11.7 Å². The first-order chi connectivity index (χ1) is 9.22. The summed E-state index contributed by atoms with van der Waals surface area (Å²) in [5.74, 6) is 0.701. The standard InChI is InChI=1S/C16H25N3/c1-4-11-17-12-13(2)9-10-15-14-7-5-6-8-16(14)19(3)18-15/h5-8,13,17H,4,9-12H2,1-3H3. The smallest absolute Gasteiger partial charge is 0.0703 e. The van der Waals surface area contributed by atoms with Crippen molar-refractivity contribution in [2.45, 2.75) is 33.1 Å². The summed E-state index contributed by atoms with van der Waals surface area (Å²) in [6, 6.07) is 8.49. The van der Waals surface area contributed by atoms with E-state index in [-0.39, 0.29) is 0 Å². The molecule has 104 valence electrons. The van der Waals surface area contributed by atoms with E-state index in [2.05, 4.69) is 48.5 Å². The third-order valence-electron chi connectivity index (χ3n) is 3.63. The molecule has 0 fully saturated rings. The van der Waals surface area contributed by atoms with Gasteiger partial charge in [-0.05, 0) is 44.3 Å². The SMILES string of the molecule is CCCNCC(C)CCc1nn(C)c2ccccc12. The molecule has 0 spiro atoms. The number of fused-ring (bicyclic) bond motifs is 1. The number of para-hydroxylation sites is 1. The summed E-state index contributed by atoms with van der Waals surface area (Å²) in [7, 11) is 2.03. The van der Waals surface area contributed by atoms with E-state index in [1.54, 1.807) is 0 Å². The number of nitrogens with one attached hydrogen (secondary N) is 1. The van der Waals surface area contributed by atoms with Crippen LogP contribution in [0.25, 0.3) is 10.9 Å². The van der Waals surface area contributed by atoms with Crippen molar-refractivity contribution < 1.29 is 0 Å². The first-order valence-corrected chi connectivity index (χ1v) is 7.33. The molecule has 0 saturated carbocycles. The van der Waals surface area contributed by atoms with Crippen molar-refractivity contribution in [1.29, 1.82) is 0 Å². The molecule has 0 aliphatic heterocycles. The lowest BCUT2D eigenvalue weighted by Crippen LogP contribution is -2.22. The van der Waals surface area contributed by atoms with Gasteiger partial charge in [0.2, 0.25) is 0 Å². The molecular weight excluding hydrogens is 234 g/mol. The molecule has 1 aromatic carbocycles. The average Bonchev–Trinajstić information content (AvgIpc) is 2.74. The molecule has 1 aromatic heterocycles. The van der Waals surface area contributed by atoms with Crippen LogP contribution in [0, 0.1) is 5.92 Å². The number of hydrogen-bond donors (Lipinski definition) is 1. The molecule has 3 heteroatoms. The summed E-state index contributed by atoms with van der Waals surface area (Å²) in [5, 5.41) is 9.45. The Labute approximate surface area is 116 Å². The van der Waals surface area contributed by atoms with Gasteiger partial charge in [0.05, 0.1) is 11.2 Å². The second-order valence-corrected chi connectivity index (χ2v) is 5.44. The summed E-state index contributed by atoms with van der Waals surface area (Å²) in [6.07, 6.45) is 3.46. The fraction of sp³-hybridized carbons (Fsp3) is 0.562. The zero-order valence-corrected chi connectivity index (χ0v) is 12.3. The minimum atomic E-state index is 0.701. The van der Waals surface area contributed by atoms with Gasteiger partial charge in [-0.1, -0.05) is 32.0 Å². The zero-order valence-electron chi connectivity index (χ0n) is 12.3. The molecule has 0 amide bonds. The predicted octanol–water partition coefficient (Wildman–Crippen LogP) is 3.14. The van der Waals surface area contributed by atoms with Crippen molar-refractivity contribution in [3.8, 4) is 0 Å². The fourth-order valence-corrected chi connectivity index (χ4v) is 2.48. The fourth-order valence-electron chi connectivity index (χ4n) is 2.48. The highest BCUT2D eigenvalue weighted by molar-refractivity contribution is 5.81. The number of nitrogens with zero attached hydrogens (tertiary/aromatic N) is 2. The van der Waals surface area contributed by atoms with E-state index < -0.39 is 0 Å². The van der Waals surface area contributed by atoms with Gasteiger partial charge in [-0.25, -0.2) is 0 Å². The van der Waals surface area contributed by atoms with Crippen LogP contribution in [0.3, 0.4) is 0 Å². The summed E-state index contributed by atoms with van der Waals surface area (Å²) in [4.78, 5) is 0. The Bertz CT molecular complexity index is 516. The van der Waals surface area contributed by atoms with Crippen molar-refractivity contribution in [2.75, 3.05) is 13.1 Å². The van der Waals surface area contributed by atoms with E-state index in [1.165, 1.54) is 29.4 Å². The second kappa shape index (κ2) is 6.71. The monoisotopic (exact) mass is 259 g/mol. The van der Waals surface area contributed by atoms with Crippen molar-refractivity contribution >= 4 is 10.9 Å². The van der Waals surface area contributed by atoms with E-state index in [4.69, 9.17) is 0 Å². The number of rotatable bonds is 7. The number of hydrogen-bond acceptors (Lipinski definition) is 2. The second-order valence-electron chi connectivity index (χ2n) is 5.44. The third kappa shape index (κ3) is 3.57. The summed E-state index contributed by atoms with van der Waals surface area (Å²) in [5.41, 5.74) is 2.47. The Kier molecular flexibility index (Phi) is 4.97. The summed E-state index contributed by atoms with van der Waals surface area (Å²) < 4.78 is 1.99. The van der Waals surface area contributed by atoms with Gasteiger partial charge in [-0.15, -0.1) is 0 Å². The molecule has 0 bridgehead atoms. The van der Waals surface area contributed by atoms with Crippen molar-refractivity contribution in [1.82, 2.24) is 15.1 Å². The maximum atomic E-state index is 4.65. The maximum absolute atomic E-state index is 4.65. The van der Waals surface area contributed by atoms with E-state index in [9.17, 15) is 0 Å². The molecule has 0 saturated heterocycles. The van der Waals surface area contributed by atoms with Crippen LogP contribution in [-0.2, 0) is 13.5 Å². The van der Waals surface area contributed by atoms with Crippen LogP contribution in [-0.4, -0.2) is 22.9 Å². The minimum absolute atomic E-state index is 0.701. The van der Waals surface area contributed by atoms with Crippen molar-refractivity contribution in [3.05, 3.63) is 30.0 Å². The van der Waals surface area contributed by atoms with Crippen LogP contribution in [0.5, 0.6) is 0 Å². The first-order valence-electron chi connectivity index (χ1n) is 7.33. The van der Waals surface area contributed by atoms with Gasteiger partial charge in [-0.3, -0.25) is 4.68 Å². The molecular formula is C16H25N3. The Morgan fingerprint density at radius 3 is 2.89 bits per heavy atom. The van der Waals surface area contributed by atoms with Gasteiger partial charge >= 0.3 is 0 Å². The van der Waals surface area contributed by atoms with Crippen LogP contribution in [0.15, 0.2) is 24.3 Å². The lowest BCUT2D eigenvalue weighted by Gasteiger charge is -2.11. The molecule has 1 heterocycles. The summed E-state index contributed by atoms with van der Waals surface area (Å²) >= 11 is 0. The van der Waals surface area contributed by atoms with E-state index >= 15 is 0 Å². The topological polar surface area (TPSA) is 29.9 Å². The van der Waals surface area contributed by atoms with Crippen molar-refractivity contribution in [3.63, 3.8) is 0 Å². The van der Waals surface area contributed by atoms with Gasteiger partial charge in [0.15, 0.2) is 0 Å². The van der Waals surface area contributed by atoms with Gasteiger partial charge in [-0.2, -0.15) is 5.10 Å². The Morgan fingerprint density at radius 2 is 2.11 bits per heavy atom. The van der Waals surface area contributed by atoms with Crippen LogP contribution in [0.2, 0.25) is 0 Å². The Morgan fingerprint density at radius 1 is 1.32 bits per heavy atom. The number of benzene rings is 1. The highest BCUT2D eigenvalue weighted by Crippen LogP contribution is 2.19. The van der Waals surface area contributed by atoms with Crippen LogP contribution < -0.4 is 5.32 Å². The normalized spacial score (nSPS) is 13.0. The minimum Gasteiger partial charge on any atom is -0.316 e.